The maximum atomic E-state index is 11.9. The Morgan fingerprint density at radius 3 is 2.80 bits per heavy atom. The van der Waals surface area contributed by atoms with E-state index in [1.165, 1.54) is 10.6 Å². The fourth-order valence-corrected chi connectivity index (χ4v) is 1.78. The van der Waals surface area contributed by atoms with Crippen LogP contribution in [0, 0.1) is 17.0 Å². The Bertz CT molecular complexity index is 721. The number of nitrogens with zero attached hydrogens (tertiary/aromatic N) is 4. The number of aryl methyl sites for hydroxylation is 1. The van der Waals surface area contributed by atoms with E-state index in [0.717, 1.165) is 6.33 Å². The molecule has 9 nitrogen and oxygen atoms in total. The molecule has 0 bridgehead atoms. The fraction of sp³-hybridized carbons (Fsp3) is 0.273. The SMILES string of the molecule is CCOC(=O)C(=O)c1ncnn2c(C)cc([N+](=O)[O-])c12. The summed E-state index contributed by atoms with van der Waals surface area (Å²) in [6.45, 7) is 3.16. The minimum Gasteiger partial charge on any atom is -0.460 e. The number of rotatable bonds is 4. The molecule has 0 N–H and O–H groups in total. The molecule has 0 aliphatic rings. The number of hydrogen-bond acceptors (Lipinski definition) is 7. The van der Waals surface area contributed by atoms with Gasteiger partial charge in [0.25, 0.3) is 11.5 Å². The van der Waals surface area contributed by atoms with Gasteiger partial charge in [0.2, 0.25) is 0 Å². The number of ether oxygens (including phenoxy) is 1. The summed E-state index contributed by atoms with van der Waals surface area (Å²) in [5.41, 5.74) is -0.353. The topological polar surface area (TPSA) is 117 Å². The third-order valence-electron chi connectivity index (χ3n) is 2.58. The second-order valence-electron chi connectivity index (χ2n) is 3.85. The highest BCUT2D eigenvalue weighted by molar-refractivity contribution is 6.41. The number of nitro groups is 1. The molecule has 0 atom stereocenters. The highest BCUT2D eigenvalue weighted by Crippen LogP contribution is 2.25. The van der Waals surface area contributed by atoms with E-state index in [2.05, 4.69) is 14.8 Å². The van der Waals surface area contributed by atoms with E-state index >= 15 is 0 Å². The Balaban J connectivity index is 2.68. The van der Waals surface area contributed by atoms with Gasteiger partial charge in [0, 0.05) is 11.8 Å². The third kappa shape index (κ3) is 2.09. The van der Waals surface area contributed by atoms with E-state index in [1.54, 1.807) is 13.8 Å². The van der Waals surface area contributed by atoms with E-state index in [-0.39, 0.29) is 23.5 Å². The summed E-state index contributed by atoms with van der Waals surface area (Å²) >= 11 is 0. The van der Waals surface area contributed by atoms with Gasteiger partial charge < -0.3 is 4.74 Å². The van der Waals surface area contributed by atoms with Crippen molar-refractivity contribution < 1.29 is 19.2 Å². The molecule has 0 aromatic carbocycles. The summed E-state index contributed by atoms with van der Waals surface area (Å²) in [5, 5.41) is 14.8. The monoisotopic (exact) mass is 278 g/mol. The van der Waals surface area contributed by atoms with Crippen LogP contribution in [-0.2, 0) is 9.53 Å². The molecule has 0 aliphatic carbocycles. The quantitative estimate of drug-likeness (QED) is 0.265. The second kappa shape index (κ2) is 5.03. The van der Waals surface area contributed by atoms with Gasteiger partial charge in [-0.3, -0.25) is 14.9 Å². The van der Waals surface area contributed by atoms with Crippen molar-refractivity contribution in [2.24, 2.45) is 0 Å². The Morgan fingerprint density at radius 2 is 2.20 bits per heavy atom. The van der Waals surface area contributed by atoms with Crippen LogP contribution in [0.25, 0.3) is 5.52 Å². The van der Waals surface area contributed by atoms with Gasteiger partial charge >= 0.3 is 5.97 Å². The number of hydrogen-bond donors (Lipinski definition) is 0. The Kier molecular flexibility index (Phi) is 3.42. The summed E-state index contributed by atoms with van der Waals surface area (Å²) in [6.07, 6.45) is 1.05. The molecule has 0 unspecified atom stereocenters. The maximum Gasteiger partial charge on any atom is 0.381 e. The molecule has 0 radical (unpaired) electrons. The first kappa shape index (κ1) is 13.6. The van der Waals surface area contributed by atoms with Crippen molar-refractivity contribution in [3.63, 3.8) is 0 Å². The summed E-state index contributed by atoms with van der Waals surface area (Å²) < 4.78 is 5.78. The van der Waals surface area contributed by atoms with Gasteiger partial charge in [-0.25, -0.2) is 14.3 Å². The zero-order valence-corrected chi connectivity index (χ0v) is 10.7. The van der Waals surface area contributed by atoms with Crippen molar-refractivity contribution in [2.75, 3.05) is 6.61 Å². The molecule has 20 heavy (non-hydrogen) atoms. The lowest BCUT2D eigenvalue weighted by molar-refractivity contribution is -0.383. The molecule has 0 fully saturated rings. The van der Waals surface area contributed by atoms with Crippen LogP contribution in [0.1, 0.15) is 23.1 Å². The van der Waals surface area contributed by atoms with Crippen molar-refractivity contribution in [1.82, 2.24) is 14.6 Å². The largest absolute Gasteiger partial charge is 0.460 e. The van der Waals surface area contributed by atoms with Gasteiger partial charge in [-0.15, -0.1) is 0 Å². The predicted molar refractivity (Wildman–Crippen MR) is 65.3 cm³/mol. The van der Waals surface area contributed by atoms with E-state index in [1.807, 2.05) is 0 Å². The third-order valence-corrected chi connectivity index (χ3v) is 2.58. The first-order valence-corrected chi connectivity index (χ1v) is 5.66. The number of ketones is 1. The van der Waals surface area contributed by atoms with Crippen LogP contribution >= 0.6 is 0 Å². The molecular formula is C11H10N4O5. The lowest BCUT2D eigenvalue weighted by Gasteiger charge is -2.02. The highest BCUT2D eigenvalue weighted by atomic mass is 16.6. The number of carbonyl (C=O) groups is 2. The molecule has 0 saturated carbocycles. The molecule has 9 heteroatoms. The van der Waals surface area contributed by atoms with E-state index in [0.29, 0.717) is 5.69 Å². The number of carbonyl (C=O) groups excluding carboxylic acids is 2. The van der Waals surface area contributed by atoms with Crippen molar-refractivity contribution in [1.29, 1.82) is 0 Å². The molecule has 104 valence electrons. The van der Waals surface area contributed by atoms with Gasteiger partial charge in [0.05, 0.1) is 11.5 Å². The average Bonchev–Trinajstić information content (AvgIpc) is 2.76. The van der Waals surface area contributed by atoms with Crippen LogP contribution in [0.15, 0.2) is 12.4 Å². The molecule has 0 saturated heterocycles. The van der Waals surface area contributed by atoms with Crippen molar-refractivity contribution in [3.05, 3.63) is 33.9 Å². The first-order chi connectivity index (χ1) is 9.47. The van der Waals surface area contributed by atoms with Crippen molar-refractivity contribution in [2.45, 2.75) is 13.8 Å². The van der Waals surface area contributed by atoms with Crippen molar-refractivity contribution >= 4 is 23.0 Å². The summed E-state index contributed by atoms with van der Waals surface area (Å²) in [6, 6.07) is 1.26. The maximum absolute atomic E-state index is 11.9. The number of fused-ring (bicyclic) bond motifs is 1. The predicted octanol–water partition coefficient (Wildman–Crippen LogP) is 0.692. The van der Waals surface area contributed by atoms with Crippen LogP contribution in [0.3, 0.4) is 0 Å². The minimum absolute atomic E-state index is 0.0219. The Morgan fingerprint density at radius 1 is 1.50 bits per heavy atom. The lowest BCUT2D eigenvalue weighted by atomic mass is 10.2. The zero-order valence-electron chi connectivity index (χ0n) is 10.7. The van der Waals surface area contributed by atoms with Gasteiger partial charge in [0.15, 0.2) is 11.2 Å². The first-order valence-electron chi connectivity index (χ1n) is 5.66. The molecule has 2 aromatic heterocycles. The molecule has 2 aromatic rings. The normalized spacial score (nSPS) is 10.5. The Labute approximate surface area is 112 Å². The number of aromatic nitrogens is 3. The van der Waals surface area contributed by atoms with E-state index in [9.17, 15) is 19.7 Å². The molecule has 2 heterocycles. The smallest absolute Gasteiger partial charge is 0.381 e. The highest BCUT2D eigenvalue weighted by Gasteiger charge is 2.28. The zero-order chi connectivity index (χ0) is 14.9. The van der Waals surface area contributed by atoms with Crippen molar-refractivity contribution in [3.8, 4) is 0 Å². The molecular weight excluding hydrogens is 268 g/mol. The minimum atomic E-state index is -1.11. The fourth-order valence-electron chi connectivity index (χ4n) is 1.78. The molecule has 0 aliphatic heterocycles. The lowest BCUT2D eigenvalue weighted by Crippen LogP contribution is -2.20. The summed E-state index contributed by atoms with van der Waals surface area (Å²) in [5.74, 6) is -2.15. The molecule has 0 spiro atoms. The Hall–Kier alpha value is -2.84. The second-order valence-corrected chi connectivity index (χ2v) is 3.85. The molecule has 0 amide bonds. The van der Waals surface area contributed by atoms with Crippen LogP contribution in [0.4, 0.5) is 5.69 Å². The van der Waals surface area contributed by atoms with Crippen LogP contribution < -0.4 is 0 Å². The standard InChI is InChI=1S/C11H10N4O5/c1-3-20-11(17)10(16)8-9-7(15(18)19)4-6(2)14(9)13-5-12-8/h4-5H,3H2,1-2H3. The van der Waals surface area contributed by atoms with Crippen LogP contribution in [-0.4, -0.2) is 37.9 Å². The van der Waals surface area contributed by atoms with Gasteiger partial charge in [-0.05, 0) is 13.8 Å². The van der Waals surface area contributed by atoms with Gasteiger partial charge in [-0.2, -0.15) is 5.10 Å². The van der Waals surface area contributed by atoms with Crippen LogP contribution in [0.5, 0.6) is 0 Å². The molecule has 2 rings (SSSR count). The van der Waals surface area contributed by atoms with E-state index < -0.39 is 16.7 Å². The van der Waals surface area contributed by atoms with E-state index in [4.69, 9.17) is 0 Å². The summed E-state index contributed by atoms with van der Waals surface area (Å²) in [4.78, 5) is 37.4. The van der Waals surface area contributed by atoms with Crippen LogP contribution in [0.2, 0.25) is 0 Å². The number of Topliss-reactive ketones (excluding diaryl/α,β-unsaturated/α-hetero) is 1. The van der Waals surface area contributed by atoms with Gasteiger partial charge in [0.1, 0.15) is 6.33 Å². The summed E-state index contributed by atoms with van der Waals surface area (Å²) in [7, 11) is 0. The number of esters is 1. The average molecular weight is 278 g/mol. The van der Waals surface area contributed by atoms with Gasteiger partial charge in [-0.1, -0.05) is 0 Å².